The van der Waals surface area contributed by atoms with Crippen LogP contribution in [0.25, 0.3) is 0 Å². The largest absolute Gasteiger partial charge is 0.508 e. The van der Waals surface area contributed by atoms with Crippen LogP contribution < -0.4 is 5.32 Å². The highest BCUT2D eigenvalue weighted by Gasteiger charge is 2.54. The highest BCUT2D eigenvalue weighted by Crippen LogP contribution is 2.45. The van der Waals surface area contributed by atoms with Crippen LogP contribution in [0.2, 0.25) is 0 Å². The number of nitrogens with one attached hydrogen (secondary N) is 1. The van der Waals surface area contributed by atoms with Crippen LogP contribution in [-0.2, 0) is 14.6 Å². The van der Waals surface area contributed by atoms with E-state index in [1.807, 2.05) is 0 Å². The Kier molecular flexibility index (Phi) is 2.60. The lowest BCUT2D eigenvalue weighted by Gasteiger charge is -2.38. The third kappa shape index (κ3) is 1.59. The van der Waals surface area contributed by atoms with Gasteiger partial charge in [-0.25, -0.2) is 8.42 Å². The maximum absolute atomic E-state index is 12.8. The standard InChI is InChI=1S/C13H15NO4S/c15-9-4-5-11-10(8-9)14-12(16)13(19(11,17)18)6-2-1-3-7-13/h4-5,8,15H,1-3,6-7H2,(H,14,16). The van der Waals surface area contributed by atoms with Gasteiger partial charge in [0.25, 0.3) is 0 Å². The zero-order valence-electron chi connectivity index (χ0n) is 10.3. The van der Waals surface area contributed by atoms with Crippen molar-refractivity contribution in [1.29, 1.82) is 0 Å². The molecule has 19 heavy (non-hydrogen) atoms. The van der Waals surface area contributed by atoms with Crippen LogP contribution >= 0.6 is 0 Å². The van der Waals surface area contributed by atoms with Crippen LogP contribution in [0.15, 0.2) is 23.1 Å². The number of carbonyl (C=O) groups excluding carboxylic acids is 1. The second-order valence-electron chi connectivity index (χ2n) is 5.19. The first-order chi connectivity index (χ1) is 8.97. The summed E-state index contributed by atoms with van der Waals surface area (Å²) in [4.78, 5) is 12.4. The number of hydrogen-bond acceptors (Lipinski definition) is 4. The predicted octanol–water partition coefficient (Wildman–Crippen LogP) is 1.82. The third-order valence-corrected chi connectivity index (χ3v) is 6.65. The van der Waals surface area contributed by atoms with Crippen molar-refractivity contribution >= 4 is 21.4 Å². The maximum atomic E-state index is 12.8. The van der Waals surface area contributed by atoms with Crippen molar-refractivity contribution in [3.63, 3.8) is 0 Å². The molecule has 0 atom stereocenters. The van der Waals surface area contributed by atoms with E-state index in [9.17, 15) is 18.3 Å². The summed E-state index contributed by atoms with van der Waals surface area (Å²) in [5.74, 6) is -0.515. The Labute approximate surface area is 111 Å². The fraction of sp³-hybridized carbons (Fsp3) is 0.462. The minimum absolute atomic E-state index is 0.0613. The van der Waals surface area contributed by atoms with Crippen LogP contribution in [0.4, 0.5) is 5.69 Å². The molecule has 1 heterocycles. The Morgan fingerprint density at radius 3 is 2.53 bits per heavy atom. The smallest absolute Gasteiger partial charge is 0.246 e. The van der Waals surface area contributed by atoms with E-state index in [4.69, 9.17) is 0 Å². The zero-order valence-corrected chi connectivity index (χ0v) is 11.2. The van der Waals surface area contributed by atoms with Crippen LogP contribution in [-0.4, -0.2) is 24.2 Å². The number of rotatable bonds is 0. The van der Waals surface area contributed by atoms with Crippen LogP contribution in [0.5, 0.6) is 5.75 Å². The molecule has 0 saturated heterocycles. The number of phenols is 1. The average Bonchev–Trinajstić information content (AvgIpc) is 2.37. The molecule has 1 aromatic rings. The van der Waals surface area contributed by atoms with Crippen molar-refractivity contribution in [2.24, 2.45) is 0 Å². The second kappa shape index (κ2) is 3.96. The van der Waals surface area contributed by atoms with Gasteiger partial charge in [0, 0.05) is 6.07 Å². The number of benzene rings is 1. The number of fused-ring (bicyclic) bond motifs is 1. The van der Waals surface area contributed by atoms with Crippen molar-refractivity contribution in [1.82, 2.24) is 0 Å². The van der Waals surface area contributed by atoms with Crippen molar-refractivity contribution in [2.45, 2.75) is 41.7 Å². The van der Waals surface area contributed by atoms with Gasteiger partial charge < -0.3 is 10.4 Å². The van der Waals surface area contributed by atoms with E-state index >= 15 is 0 Å². The molecule has 2 aliphatic rings. The highest BCUT2D eigenvalue weighted by atomic mass is 32.2. The topological polar surface area (TPSA) is 83.5 Å². The van der Waals surface area contributed by atoms with E-state index in [-0.39, 0.29) is 16.3 Å². The Balaban J connectivity index is 2.21. The van der Waals surface area contributed by atoms with Gasteiger partial charge in [0.1, 0.15) is 5.75 Å². The molecule has 1 aliphatic heterocycles. The summed E-state index contributed by atoms with van der Waals surface area (Å²) in [6.07, 6.45) is 3.22. The molecule has 0 aromatic heterocycles. The first-order valence-electron chi connectivity index (χ1n) is 6.36. The quantitative estimate of drug-likeness (QED) is 0.759. The number of anilines is 1. The molecule has 6 heteroatoms. The summed E-state index contributed by atoms with van der Waals surface area (Å²) >= 11 is 0. The van der Waals surface area contributed by atoms with Gasteiger partial charge in [0.05, 0.1) is 10.6 Å². The van der Waals surface area contributed by atoms with E-state index in [0.717, 1.165) is 19.3 Å². The van der Waals surface area contributed by atoms with Crippen LogP contribution in [0.3, 0.4) is 0 Å². The Morgan fingerprint density at radius 1 is 1.16 bits per heavy atom. The maximum Gasteiger partial charge on any atom is 0.246 e. The van der Waals surface area contributed by atoms with Gasteiger partial charge in [0.15, 0.2) is 14.6 Å². The minimum Gasteiger partial charge on any atom is -0.508 e. The van der Waals surface area contributed by atoms with Gasteiger partial charge in [-0.05, 0) is 25.0 Å². The molecule has 0 bridgehead atoms. The number of amides is 1. The molecule has 0 unspecified atom stereocenters. The number of aromatic hydroxyl groups is 1. The lowest BCUT2D eigenvalue weighted by Crippen LogP contribution is -2.53. The van der Waals surface area contributed by atoms with Gasteiger partial charge in [-0.15, -0.1) is 0 Å². The predicted molar refractivity (Wildman–Crippen MR) is 69.7 cm³/mol. The Morgan fingerprint density at radius 2 is 1.84 bits per heavy atom. The van der Waals surface area contributed by atoms with Crippen LogP contribution in [0.1, 0.15) is 32.1 Å². The number of sulfone groups is 1. The van der Waals surface area contributed by atoms with Gasteiger partial charge >= 0.3 is 0 Å². The molecule has 1 saturated carbocycles. The molecule has 1 aromatic carbocycles. The molecular weight excluding hydrogens is 266 g/mol. The van der Waals surface area contributed by atoms with Crippen molar-refractivity contribution in [3.8, 4) is 5.75 Å². The lowest BCUT2D eigenvalue weighted by atomic mass is 9.87. The van der Waals surface area contributed by atoms with Crippen molar-refractivity contribution in [2.75, 3.05) is 5.32 Å². The monoisotopic (exact) mass is 281 g/mol. The van der Waals surface area contributed by atoms with Gasteiger partial charge in [-0.3, -0.25) is 4.79 Å². The fourth-order valence-corrected chi connectivity index (χ4v) is 5.23. The fourth-order valence-electron chi connectivity index (χ4n) is 3.04. The normalized spacial score (nSPS) is 23.7. The molecular formula is C13H15NO4S. The number of carbonyl (C=O) groups is 1. The van der Waals surface area contributed by atoms with E-state index in [1.54, 1.807) is 0 Å². The summed E-state index contributed by atoms with van der Waals surface area (Å²) in [6, 6.07) is 3.99. The van der Waals surface area contributed by atoms with E-state index in [2.05, 4.69) is 5.32 Å². The van der Waals surface area contributed by atoms with E-state index in [0.29, 0.717) is 12.8 Å². The SMILES string of the molecule is O=C1Nc2cc(O)ccc2S(=O)(=O)C12CCCCC2. The third-order valence-electron chi connectivity index (χ3n) is 4.09. The summed E-state index contributed by atoms with van der Waals surface area (Å²) < 4.78 is 24.2. The number of hydrogen-bond donors (Lipinski definition) is 2. The first-order valence-corrected chi connectivity index (χ1v) is 7.85. The first kappa shape index (κ1) is 12.5. The Hall–Kier alpha value is -1.56. The minimum atomic E-state index is -3.69. The average molecular weight is 281 g/mol. The Bertz CT molecular complexity index is 645. The summed E-state index contributed by atoms with van der Waals surface area (Å²) in [7, 11) is -3.69. The van der Waals surface area contributed by atoms with Crippen molar-refractivity contribution in [3.05, 3.63) is 18.2 Å². The molecule has 1 spiro atoms. The van der Waals surface area contributed by atoms with Crippen molar-refractivity contribution < 1.29 is 18.3 Å². The molecule has 1 amide bonds. The molecule has 5 nitrogen and oxygen atoms in total. The highest BCUT2D eigenvalue weighted by molar-refractivity contribution is 7.94. The summed E-state index contributed by atoms with van der Waals surface area (Å²) in [6.45, 7) is 0. The van der Waals surface area contributed by atoms with Gasteiger partial charge in [-0.1, -0.05) is 19.3 Å². The summed E-state index contributed by atoms with van der Waals surface area (Å²) in [5.41, 5.74) is 0.182. The molecule has 0 radical (unpaired) electrons. The summed E-state index contributed by atoms with van der Waals surface area (Å²) in [5, 5.41) is 12.0. The van der Waals surface area contributed by atoms with Gasteiger partial charge in [0.2, 0.25) is 5.91 Å². The van der Waals surface area contributed by atoms with E-state index in [1.165, 1.54) is 18.2 Å². The van der Waals surface area contributed by atoms with Gasteiger partial charge in [-0.2, -0.15) is 0 Å². The molecule has 3 rings (SSSR count). The van der Waals surface area contributed by atoms with Crippen LogP contribution in [0, 0.1) is 0 Å². The lowest BCUT2D eigenvalue weighted by molar-refractivity contribution is -0.119. The number of phenolic OH excluding ortho intramolecular Hbond substituents is 1. The van der Waals surface area contributed by atoms with E-state index < -0.39 is 20.5 Å². The molecule has 2 N–H and O–H groups in total. The zero-order chi connectivity index (χ0) is 13.7. The second-order valence-corrected chi connectivity index (χ2v) is 7.42. The molecule has 102 valence electrons. The molecule has 1 fully saturated rings. The molecule has 1 aliphatic carbocycles.